The average molecular weight is 340 g/mol. The summed E-state index contributed by atoms with van der Waals surface area (Å²) in [6.45, 7) is 1.18. The predicted molar refractivity (Wildman–Crippen MR) is 89.4 cm³/mol. The van der Waals surface area contributed by atoms with Gasteiger partial charge in [-0.3, -0.25) is 0 Å². The fraction of sp³-hybridized carbons (Fsp3) is 0.176. The number of benzene rings is 2. The Kier molecular flexibility index (Phi) is 3.76. The largest absolute Gasteiger partial charge is 0.593 e. The van der Waals surface area contributed by atoms with E-state index in [0.29, 0.717) is 23.8 Å². The van der Waals surface area contributed by atoms with E-state index in [1.54, 1.807) is 30.3 Å². The smallest absolute Gasteiger partial charge is 0.175 e. The van der Waals surface area contributed by atoms with Crippen LogP contribution in [0.2, 0.25) is 0 Å². The summed E-state index contributed by atoms with van der Waals surface area (Å²) in [6.07, 6.45) is 0. The quantitative estimate of drug-likeness (QED) is 0.686. The van der Waals surface area contributed by atoms with Gasteiger partial charge >= 0.3 is 0 Å². The molecule has 1 aliphatic rings. The number of hydrogen-bond acceptors (Lipinski definition) is 4. The Labute approximate surface area is 141 Å². The maximum Gasteiger partial charge on any atom is 0.175 e. The molecule has 3 aromatic rings. The first-order valence-electron chi connectivity index (χ1n) is 7.69. The molecule has 4 rings (SSSR count). The topological polar surface area (TPSA) is 74.1 Å². The molecule has 0 saturated carbocycles. The molecule has 0 amide bonds. The van der Waals surface area contributed by atoms with E-state index in [9.17, 15) is 8.76 Å². The van der Waals surface area contributed by atoms with Gasteiger partial charge in [0.2, 0.25) is 0 Å². The lowest BCUT2D eigenvalue weighted by Gasteiger charge is -2.30. The maximum absolute atomic E-state index is 12.7. The number of aromatic nitrogens is 3. The van der Waals surface area contributed by atoms with Crippen LogP contribution in [0.1, 0.15) is 5.82 Å². The number of hydrogen-bond donors (Lipinski definition) is 0. The van der Waals surface area contributed by atoms with Crippen LogP contribution >= 0.6 is 0 Å². The second kappa shape index (κ2) is 5.94. The summed E-state index contributed by atoms with van der Waals surface area (Å²) < 4.78 is 28.9. The molecule has 2 aromatic carbocycles. The second-order valence-corrected chi connectivity index (χ2v) is 7.55. The van der Waals surface area contributed by atoms with Gasteiger partial charge in [-0.25, -0.2) is 0 Å². The lowest BCUT2D eigenvalue weighted by Crippen LogP contribution is -2.42. The SMILES string of the molecule is O=[S+]([O-])(c1ccccc1)N1CCn2c(nnc2-c2ccccc2)C1. The zero-order valence-electron chi connectivity index (χ0n) is 12.9. The van der Waals surface area contributed by atoms with Crippen molar-refractivity contribution in [3.05, 3.63) is 66.5 Å². The molecule has 0 saturated heterocycles. The Balaban J connectivity index is 1.64. The molecular weight excluding hydrogens is 324 g/mol. The Morgan fingerprint density at radius 1 is 0.917 bits per heavy atom. The van der Waals surface area contributed by atoms with Gasteiger partial charge in [0.15, 0.2) is 26.9 Å². The molecule has 0 aliphatic carbocycles. The molecule has 2 heterocycles. The van der Waals surface area contributed by atoms with E-state index >= 15 is 0 Å². The monoisotopic (exact) mass is 340 g/mol. The van der Waals surface area contributed by atoms with Crippen LogP contribution in [-0.2, 0) is 27.7 Å². The first-order valence-corrected chi connectivity index (χ1v) is 9.13. The van der Waals surface area contributed by atoms with Crippen LogP contribution in [0, 0.1) is 0 Å². The number of sulfonamides is 1. The standard InChI is InChI=1S/C17H16N4O2S/c22-24(23,15-9-5-2-6-10-15)20-11-12-21-16(13-20)18-19-17(21)14-7-3-1-4-8-14/h1-10H,11-13H2. The lowest BCUT2D eigenvalue weighted by molar-refractivity contribution is 0.302. The Bertz CT molecular complexity index is 895. The molecule has 0 bridgehead atoms. The third kappa shape index (κ3) is 2.56. The summed E-state index contributed by atoms with van der Waals surface area (Å²) in [4.78, 5) is 0.307. The van der Waals surface area contributed by atoms with E-state index < -0.39 is 10.4 Å². The van der Waals surface area contributed by atoms with Crippen molar-refractivity contribution < 1.29 is 8.76 Å². The molecule has 0 radical (unpaired) electrons. The molecule has 0 spiro atoms. The summed E-state index contributed by atoms with van der Waals surface area (Å²) in [5, 5.41) is 8.45. The van der Waals surface area contributed by atoms with Crippen molar-refractivity contribution in [2.75, 3.05) is 6.54 Å². The summed E-state index contributed by atoms with van der Waals surface area (Å²) in [7, 11) is -3.51. The minimum absolute atomic E-state index is 0.233. The van der Waals surface area contributed by atoms with E-state index in [1.807, 2.05) is 34.9 Å². The van der Waals surface area contributed by atoms with Gasteiger partial charge in [0.1, 0.15) is 6.54 Å². The van der Waals surface area contributed by atoms with Crippen LogP contribution in [0.25, 0.3) is 11.4 Å². The molecule has 1 aliphatic heterocycles. The number of fused-ring (bicyclic) bond motifs is 1. The van der Waals surface area contributed by atoms with Crippen LogP contribution < -0.4 is 0 Å². The van der Waals surface area contributed by atoms with Gasteiger partial charge in [-0.2, -0.15) is 0 Å². The first-order chi connectivity index (χ1) is 11.7. The third-order valence-corrected chi connectivity index (χ3v) is 5.99. The fourth-order valence-electron chi connectivity index (χ4n) is 2.88. The predicted octanol–water partition coefficient (Wildman–Crippen LogP) is 2.36. The lowest BCUT2D eigenvalue weighted by atomic mass is 10.2. The second-order valence-electron chi connectivity index (χ2n) is 5.61. The normalized spacial score (nSPS) is 17.2. The Morgan fingerprint density at radius 3 is 2.29 bits per heavy atom. The van der Waals surface area contributed by atoms with Crippen molar-refractivity contribution in [3.63, 3.8) is 0 Å². The van der Waals surface area contributed by atoms with Gasteiger partial charge in [0, 0.05) is 12.1 Å². The summed E-state index contributed by atoms with van der Waals surface area (Å²) in [5.74, 6) is 1.45. The highest BCUT2D eigenvalue weighted by Crippen LogP contribution is 2.27. The summed E-state index contributed by atoms with van der Waals surface area (Å²) in [6, 6.07) is 18.3. The van der Waals surface area contributed by atoms with Crippen molar-refractivity contribution in [2.45, 2.75) is 18.0 Å². The van der Waals surface area contributed by atoms with Crippen molar-refractivity contribution in [1.82, 2.24) is 19.1 Å². The van der Waals surface area contributed by atoms with Gasteiger partial charge in [-0.1, -0.05) is 52.7 Å². The van der Waals surface area contributed by atoms with E-state index in [4.69, 9.17) is 0 Å². The van der Waals surface area contributed by atoms with Gasteiger partial charge in [-0.15, -0.1) is 14.5 Å². The minimum Gasteiger partial charge on any atom is -0.593 e. The highest BCUT2D eigenvalue weighted by molar-refractivity contribution is 7.95. The van der Waals surface area contributed by atoms with Crippen LogP contribution in [0.4, 0.5) is 0 Å². The summed E-state index contributed by atoms with van der Waals surface area (Å²) >= 11 is 0. The molecular formula is C17H16N4O2S. The van der Waals surface area contributed by atoms with Crippen LogP contribution in [0.3, 0.4) is 0 Å². The zero-order chi connectivity index (χ0) is 16.6. The van der Waals surface area contributed by atoms with Gasteiger partial charge in [0.25, 0.3) is 0 Å². The van der Waals surface area contributed by atoms with Crippen molar-refractivity contribution in [3.8, 4) is 11.4 Å². The maximum atomic E-state index is 12.7. The number of rotatable bonds is 3. The van der Waals surface area contributed by atoms with Crippen LogP contribution in [0.15, 0.2) is 65.6 Å². The van der Waals surface area contributed by atoms with E-state index in [-0.39, 0.29) is 6.54 Å². The molecule has 24 heavy (non-hydrogen) atoms. The molecule has 1 atom stereocenters. The van der Waals surface area contributed by atoms with Crippen LogP contribution in [-0.4, -0.2) is 30.2 Å². The first kappa shape index (κ1) is 15.2. The third-order valence-electron chi connectivity index (χ3n) is 4.13. The van der Waals surface area contributed by atoms with E-state index in [1.165, 1.54) is 4.31 Å². The Hall–Kier alpha value is -2.35. The molecule has 122 valence electrons. The molecule has 1 unspecified atom stereocenters. The average Bonchev–Trinajstić information content (AvgIpc) is 3.06. The highest BCUT2D eigenvalue weighted by Gasteiger charge is 2.35. The van der Waals surface area contributed by atoms with Crippen LogP contribution in [0.5, 0.6) is 0 Å². The van der Waals surface area contributed by atoms with Gasteiger partial charge < -0.3 is 9.12 Å². The van der Waals surface area contributed by atoms with Gasteiger partial charge in [-0.05, 0) is 12.1 Å². The fourth-order valence-corrected chi connectivity index (χ4v) is 4.29. The minimum atomic E-state index is -3.51. The molecule has 7 heteroatoms. The molecule has 6 nitrogen and oxygen atoms in total. The van der Waals surface area contributed by atoms with Crippen molar-refractivity contribution in [1.29, 1.82) is 0 Å². The Morgan fingerprint density at radius 2 is 1.58 bits per heavy atom. The van der Waals surface area contributed by atoms with E-state index in [0.717, 1.165) is 11.4 Å². The van der Waals surface area contributed by atoms with Crippen molar-refractivity contribution >= 4 is 10.4 Å². The number of nitrogens with zero attached hydrogens (tertiary/aromatic N) is 4. The van der Waals surface area contributed by atoms with Crippen molar-refractivity contribution in [2.24, 2.45) is 0 Å². The van der Waals surface area contributed by atoms with Gasteiger partial charge in [0.05, 0.1) is 6.54 Å². The highest BCUT2D eigenvalue weighted by atomic mass is 32.3. The summed E-state index contributed by atoms with van der Waals surface area (Å²) in [5.41, 5.74) is 0.982. The molecule has 0 N–H and O–H groups in total. The molecule has 0 fully saturated rings. The molecule has 1 aromatic heterocycles. The van der Waals surface area contributed by atoms with E-state index in [2.05, 4.69) is 10.2 Å². The zero-order valence-corrected chi connectivity index (χ0v) is 13.7.